The number of benzene rings is 1. The van der Waals surface area contributed by atoms with Crippen LogP contribution in [0.3, 0.4) is 0 Å². The van der Waals surface area contributed by atoms with Crippen molar-refractivity contribution in [2.24, 2.45) is 4.99 Å². The third-order valence-corrected chi connectivity index (χ3v) is 6.10. The maximum Gasteiger partial charge on any atom is 0.271 e. The maximum atomic E-state index is 11.6. The average Bonchev–Trinajstić information content (AvgIpc) is 3.16. The summed E-state index contributed by atoms with van der Waals surface area (Å²) in [7, 11) is 0. The fraction of sp³-hybridized carbons (Fsp3) is 0.333. The van der Waals surface area contributed by atoms with Gasteiger partial charge in [-0.25, -0.2) is 0 Å². The summed E-state index contributed by atoms with van der Waals surface area (Å²) in [5, 5.41) is 29.8. The number of halogens is 1. The van der Waals surface area contributed by atoms with E-state index in [1.807, 2.05) is 16.7 Å². The molecule has 11 nitrogen and oxygen atoms in total. The van der Waals surface area contributed by atoms with Crippen molar-refractivity contribution in [1.29, 1.82) is 0 Å². The molecule has 0 radical (unpaired) electrons. The Bertz CT molecular complexity index is 1220. The normalized spacial score (nSPS) is 16.1. The Kier molecular flexibility index (Phi) is 5.75. The lowest BCUT2D eigenvalue weighted by atomic mass is 10.0. The van der Waals surface area contributed by atoms with Crippen LogP contribution in [0.25, 0.3) is 5.69 Å². The van der Waals surface area contributed by atoms with Crippen molar-refractivity contribution in [2.75, 3.05) is 44.2 Å². The van der Waals surface area contributed by atoms with Gasteiger partial charge in [0.1, 0.15) is 6.54 Å². The number of nitro benzene ring substituents is 1. The number of nitrogens with zero attached hydrogens (tertiary/aromatic N) is 8. The summed E-state index contributed by atoms with van der Waals surface area (Å²) >= 11 is 6.67. The number of anilines is 1. The number of non-ortho nitro benzene ring substituents is 1. The Morgan fingerprint density at radius 2 is 1.97 bits per heavy atom. The first-order chi connectivity index (χ1) is 16.1. The lowest BCUT2D eigenvalue weighted by Crippen LogP contribution is -2.48. The zero-order valence-electron chi connectivity index (χ0n) is 17.6. The molecule has 0 amide bonds. The molecule has 1 aromatic carbocycles. The fourth-order valence-electron chi connectivity index (χ4n) is 4.21. The molecule has 33 heavy (non-hydrogen) atoms. The quantitative estimate of drug-likeness (QED) is 0.443. The average molecular weight is 469 g/mol. The molecule has 2 aliphatic rings. The summed E-state index contributed by atoms with van der Waals surface area (Å²) in [5.41, 5.74) is 2.04. The van der Waals surface area contributed by atoms with Crippen molar-refractivity contribution in [3.63, 3.8) is 0 Å². The lowest BCUT2D eigenvalue weighted by molar-refractivity contribution is -0.384. The van der Waals surface area contributed by atoms with Gasteiger partial charge < -0.3 is 10.0 Å². The van der Waals surface area contributed by atoms with E-state index in [9.17, 15) is 15.2 Å². The molecule has 2 aliphatic heterocycles. The van der Waals surface area contributed by atoms with Crippen molar-refractivity contribution in [3.8, 4) is 5.69 Å². The zero-order chi connectivity index (χ0) is 22.9. The van der Waals surface area contributed by atoms with Crippen molar-refractivity contribution < 1.29 is 10.0 Å². The molecule has 5 rings (SSSR count). The number of β-amino-alcohol motifs (C(OH)–C–C–N with tert-alkyl or cyclic N) is 1. The van der Waals surface area contributed by atoms with Gasteiger partial charge in [0.15, 0.2) is 5.82 Å². The number of hydrogen-bond donors (Lipinski definition) is 1. The molecule has 0 atom stereocenters. The van der Waals surface area contributed by atoms with Gasteiger partial charge in [0.2, 0.25) is 5.95 Å². The van der Waals surface area contributed by atoms with E-state index in [2.05, 4.69) is 25.0 Å². The smallest absolute Gasteiger partial charge is 0.271 e. The molecule has 4 heterocycles. The number of piperazine rings is 1. The van der Waals surface area contributed by atoms with Crippen LogP contribution < -0.4 is 4.90 Å². The van der Waals surface area contributed by atoms with Gasteiger partial charge in [0.25, 0.3) is 5.69 Å². The van der Waals surface area contributed by atoms with Crippen LogP contribution in [0.5, 0.6) is 0 Å². The van der Waals surface area contributed by atoms with E-state index in [4.69, 9.17) is 16.6 Å². The second kappa shape index (κ2) is 8.85. The minimum atomic E-state index is -0.471. The summed E-state index contributed by atoms with van der Waals surface area (Å²) in [6, 6.07) is 8.27. The standard InChI is InChI=1S/C21H21ClN8O3/c22-16-12-14(30(32)33)11-15-19(17-3-1-2-4-23-17)24-13-18-25-26-21(29(18)20(15)16)28-7-5-27(6-8-28)9-10-31/h1-4,11-12,31H,5-10,13H2. The highest BCUT2D eigenvalue weighted by atomic mass is 35.5. The molecule has 0 saturated carbocycles. The lowest BCUT2D eigenvalue weighted by Gasteiger charge is -2.35. The summed E-state index contributed by atoms with van der Waals surface area (Å²) in [4.78, 5) is 24.5. The number of aliphatic hydroxyl groups is 1. The monoisotopic (exact) mass is 468 g/mol. The second-order valence-corrected chi connectivity index (χ2v) is 8.17. The second-order valence-electron chi connectivity index (χ2n) is 7.76. The molecule has 0 bridgehead atoms. The maximum absolute atomic E-state index is 11.6. The fourth-order valence-corrected chi connectivity index (χ4v) is 4.51. The molecule has 3 aromatic rings. The van der Waals surface area contributed by atoms with Gasteiger partial charge in [-0.2, -0.15) is 0 Å². The van der Waals surface area contributed by atoms with Crippen LogP contribution in [0.15, 0.2) is 41.5 Å². The first-order valence-electron chi connectivity index (χ1n) is 10.5. The van der Waals surface area contributed by atoms with Crippen molar-refractivity contribution in [2.45, 2.75) is 6.54 Å². The van der Waals surface area contributed by atoms with E-state index in [0.717, 1.165) is 13.1 Å². The predicted octanol–water partition coefficient (Wildman–Crippen LogP) is 1.69. The minimum absolute atomic E-state index is 0.121. The molecule has 2 aromatic heterocycles. The van der Waals surface area contributed by atoms with Crippen LogP contribution in [0.4, 0.5) is 11.6 Å². The third kappa shape index (κ3) is 3.94. The molecular formula is C21H21ClN8O3. The Labute approximate surface area is 194 Å². The van der Waals surface area contributed by atoms with Gasteiger partial charge in [-0.15, -0.1) is 10.2 Å². The van der Waals surface area contributed by atoms with E-state index in [1.54, 1.807) is 12.3 Å². The van der Waals surface area contributed by atoms with Crippen LogP contribution in [-0.2, 0) is 6.54 Å². The molecule has 0 spiro atoms. The van der Waals surface area contributed by atoms with E-state index in [-0.39, 0.29) is 23.9 Å². The first-order valence-corrected chi connectivity index (χ1v) is 10.9. The molecular weight excluding hydrogens is 448 g/mol. The highest BCUT2D eigenvalue weighted by Crippen LogP contribution is 2.36. The van der Waals surface area contributed by atoms with Gasteiger partial charge >= 0.3 is 0 Å². The number of aromatic nitrogens is 4. The molecule has 0 unspecified atom stereocenters. The SMILES string of the molecule is O=[N+]([O-])c1cc(Cl)c2c(c1)C(c1ccccn1)=NCc1nnc(N3CCN(CCO)CC3)n1-2. The van der Waals surface area contributed by atoms with Crippen molar-refractivity contribution >= 4 is 28.9 Å². The topological polar surface area (TPSA) is 126 Å². The third-order valence-electron chi connectivity index (χ3n) is 5.81. The van der Waals surface area contributed by atoms with Crippen LogP contribution in [-0.4, -0.2) is 79.7 Å². The Balaban J connectivity index is 1.64. The van der Waals surface area contributed by atoms with Crippen LogP contribution in [0, 0.1) is 10.1 Å². The summed E-state index contributed by atoms with van der Waals surface area (Å²) in [6.07, 6.45) is 1.65. The number of pyridine rings is 1. The van der Waals surface area contributed by atoms with Gasteiger partial charge in [0.05, 0.1) is 33.6 Å². The van der Waals surface area contributed by atoms with Gasteiger partial charge in [-0.1, -0.05) is 17.7 Å². The van der Waals surface area contributed by atoms with Gasteiger partial charge in [-0.05, 0) is 12.1 Å². The Morgan fingerprint density at radius 3 is 2.67 bits per heavy atom. The van der Waals surface area contributed by atoms with E-state index in [0.29, 0.717) is 54.1 Å². The molecule has 1 N–H and O–H groups in total. The van der Waals surface area contributed by atoms with Gasteiger partial charge in [0, 0.05) is 56.6 Å². The van der Waals surface area contributed by atoms with Crippen molar-refractivity contribution in [1.82, 2.24) is 24.6 Å². The highest BCUT2D eigenvalue weighted by molar-refractivity contribution is 6.34. The highest BCUT2D eigenvalue weighted by Gasteiger charge is 2.31. The summed E-state index contributed by atoms with van der Waals surface area (Å²) in [6.45, 7) is 3.93. The summed E-state index contributed by atoms with van der Waals surface area (Å²) in [5.74, 6) is 1.20. The number of nitro groups is 1. The molecule has 170 valence electrons. The predicted molar refractivity (Wildman–Crippen MR) is 122 cm³/mol. The number of hydrogen-bond acceptors (Lipinski definition) is 9. The van der Waals surface area contributed by atoms with Crippen LogP contribution >= 0.6 is 11.6 Å². The first kappa shape index (κ1) is 21.4. The molecule has 1 fully saturated rings. The zero-order valence-corrected chi connectivity index (χ0v) is 18.4. The number of aliphatic hydroxyl groups excluding tert-OH is 1. The van der Waals surface area contributed by atoms with E-state index >= 15 is 0 Å². The van der Waals surface area contributed by atoms with Crippen LogP contribution in [0.2, 0.25) is 5.02 Å². The minimum Gasteiger partial charge on any atom is -0.395 e. The van der Waals surface area contributed by atoms with Crippen molar-refractivity contribution in [3.05, 3.63) is 68.7 Å². The Morgan fingerprint density at radius 1 is 1.15 bits per heavy atom. The molecule has 1 saturated heterocycles. The van der Waals surface area contributed by atoms with Gasteiger partial charge in [-0.3, -0.25) is 29.6 Å². The Hall–Kier alpha value is -3.41. The number of rotatable bonds is 5. The largest absolute Gasteiger partial charge is 0.395 e. The van der Waals surface area contributed by atoms with E-state index in [1.165, 1.54) is 12.1 Å². The van der Waals surface area contributed by atoms with Crippen LogP contribution in [0.1, 0.15) is 17.1 Å². The summed E-state index contributed by atoms with van der Waals surface area (Å²) < 4.78 is 1.85. The van der Waals surface area contributed by atoms with E-state index < -0.39 is 4.92 Å². The number of aliphatic imine (C=N–C) groups is 1. The molecule has 0 aliphatic carbocycles. The molecule has 12 heteroatoms. The number of fused-ring (bicyclic) bond motifs is 3.